The van der Waals surface area contributed by atoms with Crippen molar-refractivity contribution in [3.05, 3.63) is 48.0 Å². The summed E-state index contributed by atoms with van der Waals surface area (Å²) >= 11 is 0. The van der Waals surface area contributed by atoms with E-state index in [2.05, 4.69) is 0 Å². The number of hydrogen-bond donors (Lipinski definition) is 0. The van der Waals surface area contributed by atoms with Crippen LogP contribution >= 0.6 is 8.58 Å². The topological polar surface area (TPSA) is 9.23 Å². The first kappa shape index (κ1) is 9.73. The molecule has 1 aliphatic heterocycles. The van der Waals surface area contributed by atoms with E-state index in [9.17, 15) is 8.78 Å². The molecule has 0 saturated heterocycles. The minimum atomic E-state index is -0.297. The zero-order valence-electron chi connectivity index (χ0n) is 8.13. The summed E-state index contributed by atoms with van der Waals surface area (Å²) in [6, 6.07) is 8.78. The standard InChI is InChI=1S/C12H7F2OP/c13-7-1-3-9-11(5-7)16-12-6-8(14)2-4-10(12)15-9/h1-6,16H. The fraction of sp³-hybridized carbons (Fsp3) is 0. The van der Waals surface area contributed by atoms with Gasteiger partial charge in [-0.05, 0) is 36.4 Å². The molecule has 0 aliphatic carbocycles. The van der Waals surface area contributed by atoms with Gasteiger partial charge in [0.1, 0.15) is 23.1 Å². The van der Waals surface area contributed by atoms with Crippen LogP contribution in [0.4, 0.5) is 8.78 Å². The molecule has 1 nitrogen and oxygen atoms in total. The Bertz CT molecular complexity index is 519. The van der Waals surface area contributed by atoms with Gasteiger partial charge in [-0.2, -0.15) is 0 Å². The molecule has 0 bridgehead atoms. The Morgan fingerprint density at radius 1 is 0.812 bits per heavy atom. The second kappa shape index (κ2) is 3.53. The number of benzene rings is 2. The maximum Gasteiger partial charge on any atom is 0.135 e. The summed E-state index contributed by atoms with van der Waals surface area (Å²) in [5, 5.41) is 1.55. The van der Waals surface area contributed by atoms with Crippen LogP contribution in [-0.4, -0.2) is 0 Å². The van der Waals surface area contributed by atoms with Crippen LogP contribution < -0.4 is 15.3 Å². The van der Waals surface area contributed by atoms with Gasteiger partial charge in [-0.25, -0.2) is 8.78 Å². The lowest BCUT2D eigenvalue weighted by atomic mass is 10.3. The Balaban J connectivity index is 2.10. The van der Waals surface area contributed by atoms with Gasteiger partial charge >= 0.3 is 0 Å². The van der Waals surface area contributed by atoms with Gasteiger partial charge in [0.15, 0.2) is 0 Å². The molecule has 1 aliphatic rings. The van der Waals surface area contributed by atoms with E-state index in [1.165, 1.54) is 24.3 Å². The van der Waals surface area contributed by atoms with E-state index in [0.717, 1.165) is 10.6 Å². The van der Waals surface area contributed by atoms with Crippen molar-refractivity contribution in [2.75, 3.05) is 0 Å². The minimum Gasteiger partial charge on any atom is -0.456 e. The van der Waals surface area contributed by atoms with Crippen molar-refractivity contribution >= 4 is 19.2 Å². The summed E-state index contributed by atoms with van der Waals surface area (Å²) in [4.78, 5) is 0. The molecular weight excluding hydrogens is 229 g/mol. The van der Waals surface area contributed by atoms with Crippen molar-refractivity contribution in [2.45, 2.75) is 0 Å². The number of ether oxygens (including phenoxy) is 1. The SMILES string of the molecule is Fc1ccc2c(c1)Pc1cc(F)ccc1O2. The summed E-state index contributed by atoms with van der Waals surface area (Å²) in [5.74, 6) is 0.710. The van der Waals surface area contributed by atoms with Gasteiger partial charge in [0.2, 0.25) is 0 Å². The number of rotatable bonds is 0. The van der Waals surface area contributed by atoms with Crippen LogP contribution in [0.3, 0.4) is 0 Å². The summed E-state index contributed by atoms with van der Waals surface area (Å²) in [6.07, 6.45) is 0. The highest BCUT2D eigenvalue weighted by molar-refractivity contribution is 7.56. The molecule has 2 aromatic rings. The maximum atomic E-state index is 13.0. The fourth-order valence-electron chi connectivity index (χ4n) is 1.64. The van der Waals surface area contributed by atoms with Crippen molar-refractivity contribution in [1.82, 2.24) is 0 Å². The maximum absolute atomic E-state index is 13.0. The van der Waals surface area contributed by atoms with Crippen molar-refractivity contribution in [2.24, 2.45) is 0 Å². The minimum absolute atomic E-state index is 0.232. The average Bonchev–Trinajstić information content (AvgIpc) is 2.26. The first-order chi connectivity index (χ1) is 7.72. The quantitative estimate of drug-likeness (QED) is 0.545. The summed E-state index contributed by atoms with van der Waals surface area (Å²) in [7, 11) is 0.232. The predicted octanol–water partition coefficient (Wildman–Crippen LogP) is 2.70. The van der Waals surface area contributed by atoms with E-state index in [0.29, 0.717) is 11.5 Å². The lowest BCUT2D eigenvalue weighted by Gasteiger charge is -2.19. The molecule has 0 aromatic heterocycles. The van der Waals surface area contributed by atoms with Crippen LogP contribution in [0.1, 0.15) is 0 Å². The summed E-state index contributed by atoms with van der Waals surface area (Å²) in [6.45, 7) is 0. The van der Waals surface area contributed by atoms with Gasteiger partial charge in [-0.15, -0.1) is 0 Å². The molecule has 16 heavy (non-hydrogen) atoms. The normalized spacial score (nSPS) is 12.6. The second-order valence-corrected chi connectivity index (χ2v) is 4.84. The number of halogens is 2. The Kier molecular flexibility index (Phi) is 2.15. The molecule has 80 valence electrons. The molecule has 0 spiro atoms. The molecule has 2 aromatic carbocycles. The van der Waals surface area contributed by atoms with Crippen LogP contribution in [0.25, 0.3) is 0 Å². The molecule has 0 radical (unpaired) electrons. The van der Waals surface area contributed by atoms with Crippen LogP contribution in [-0.2, 0) is 0 Å². The van der Waals surface area contributed by atoms with Crippen LogP contribution in [0.15, 0.2) is 36.4 Å². The van der Waals surface area contributed by atoms with Crippen molar-refractivity contribution in [1.29, 1.82) is 0 Å². The lowest BCUT2D eigenvalue weighted by Crippen LogP contribution is -2.16. The van der Waals surface area contributed by atoms with Gasteiger partial charge in [0, 0.05) is 10.6 Å². The number of hydrogen-bond acceptors (Lipinski definition) is 1. The predicted molar refractivity (Wildman–Crippen MR) is 60.5 cm³/mol. The monoisotopic (exact) mass is 236 g/mol. The largest absolute Gasteiger partial charge is 0.456 e. The fourth-order valence-corrected chi connectivity index (χ4v) is 2.87. The summed E-state index contributed by atoms with van der Waals surface area (Å²) in [5.41, 5.74) is 0. The molecule has 1 heterocycles. The van der Waals surface area contributed by atoms with Gasteiger partial charge < -0.3 is 4.74 Å². The molecule has 4 heteroatoms. The third-order valence-electron chi connectivity index (χ3n) is 2.37. The van der Waals surface area contributed by atoms with Crippen LogP contribution in [0.2, 0.25) is 0 Å². The first-order valence-electron chi connectivity index (χ1n) is 4.76. The second-order valence-electron chi connectivity index (χ2n) is 3.51. The van der Waals surface area contributed by atoms with Gasteiger partial charge in [-0.3, -0.25) is 0 Å². The smallest absolute Gasteiger partial charge is 0.135 e. The Morgan fingerprint density at radius 3 is 1.81 bits per heavy atom. The highest BCUT2D eigenvalue weighted by Crippen LogP contribution is 2.33. The molecule has 0 N–H and O–H groups in total. The Hall–Kier alpha value is -1.47. The molecule has 0 unspecified atom stereocenters. The highest BCUT2D eigenvalue weighted by Gasteiger charge is 2.17. The van der Waals surface area contributed by atoms with Crippen LogP contribution in [0, 0.1) is 11.6 Å². The van der Waals surface area contributed by atoms with E-state index in [-0.39, 0.29) is 20.2 Å². The van der Waals surface area contributed by atoms with E-state index in [4.69, 9.17) is 4.74 Å². The van der Waals surface area contributed by atoms with Crippen LogP contribution in [0.5, 0.6) is 11.5 Å². The van der Waals surface area contributed by atoms with Crippen molar-refractivity contribution in [3.63, 3.8) is 0 Å². The summed E-state index contributed by atoms with van der Waals surface area (Å²) < 4.78 is 31.6. The average molecular weight is 236 g/mol. The zero-order chi connectivity index (χ0) is 11.1. The third-order valence-corrected chi connectivity index (χ3v) is 3.69. The van der Waals surface area contributed by atoms with Gasteiger partial charge in [0.25, 0.3) is 0 Å². The lowest BCUT2D eigenvalue weighted by molar-refractivity contribution is 0.485. The molecule has 0 amide bonds. The van der Waals surface area contributed by atoms with E-state index >= 15 is 0 Å². The molecular formula is C12H7F2OP. The Morgan fingerprint density at radius 2 is 1.31 bits per heavy atom. The molecule has 0 saturated carbocycles. The Labute approximate surface area is 92.8 Å². The van der Waals surface area contributed by atoms with E-state index in [1.807, 2.05) is 0 Å². The van der Waals surface area contributed by atoms with Gasteiger partial charge in [-0.1, -0.05) is 8.58 Å². The van der Waals surface area contributed by atoms with E-state index < -0.39 is 0 Å². The third kappa shape index (κ3) is 1.57. The molecule has 0 fully saturated rings. The van der Waals surface area contributed by atoms with Crippen molar-refractivity contribution in [3.8, 4) is 11.5 Å². The zero-order valence-corrected chi connectivity index (χ0v) is 9.13. The first-order valence-corrected chi connectivity index (χ1v) is 5.76. The highest BCUT2D eigenvalue weighted by atomic mass is 31.1. The van der Waals surface area contributed by atoms with E-state index in [1.54, 1.807) is 12.1 Å². The molecule has 0 atom stereocenters. The molecule has 3 rings (SSSR count). The van der Waals surface area contributed by atoms with Gasteiger partial charge in [0.05, 0.1) is 0 Å². The number of fused-ring (bicyclic) bond motifs is 2. The van der Waals surface area contributed by atoms with Crippen molar-refractivity contribution < 1.29 is 13.5 Å².